The maximum atomic E-state index is 11.9. The molecule has 0 bridgehead atoms. The molecule has 0 radical (unpaired) electrons. The van der Waals surface area contributed by atoms with E-state index >= 15 is 0 Å². The van der Waals surface area contributed by atoms with Crippen molar-refractivity contribution >= 4 is 15.9 Å². The fourth-order valence-corrected chi connectivity index (χ4v) is 2.10. The second kappa shape index (κ2) is 4.47. The largest absolute Gasteiger partial charge is 0.378 e. The standard InChI is InChI=1S/C9H13N3O4S/c10-17(14,15)7-5-8(11-6-7)9(13)12-1-3-16-4-2-12/h5-6,11H,1-4H2,(H2,10,14,15). The lowest BCUT2D eigenvalue weighted by Crippen LogP contribution is -2.40. The van der Waals surface area contributed by atoms with Gasteiger partial charge in [-0.15, -0.1) is 0 Å². The Morgan fingerprint density at radius 3 is 2.59 bits per heavy atom. The van der Waals surface area contributed by atoms with Gasteiger partial charge in [-0.1, -0.05) is 0 Å². The second-order valence-corrected chi connectivity index (χ2v) is 5.26. The van der Waals surface area contributed by atoms with Crippen LogP contribution in [0.15, 0.2) is 17.2 Å². The maximum absolute atomic E-state index is 11.9. The van der Waals surface area contributed by atoms with Gasteiger partial charge in [0.2, 0.25) is 10.0 Å². The minimum Gasteiger partial charge on any atom is -0.378 e. The third-order valence-electron chi connectivity index (χ3n) is 2.51. The summed E-state index contributed by atoms with van der Waals surface area (Å²) < 4.78 is 27.2. The molecule has 1 fully saturated rings. The SMILES string of the molecule is NS(=O)(=O)c1c[nH]c(C(=O)N2CCOCC2)c1. The molecule has 0 aliphatic carbocycles. The summed E-state index contributed by atoms with van der Waals surface area (Å²) in [5.74, 6) is -0.247. The summed E-state index contributed by atoms with van der Waals surface area (Å²) in [5, 5.41) is 4.96. The van der Waals surface area contributed by atoms with Gasteiger partial charge in [-0.3, -0.25) is 4.79 Å². The smallest absolute Gasteiger partial charge is 0.270 e. The van der Waals surface area contributed by atoms with Gasteiger partial charge in [0.25, 0.3) is 5.91 Å². The average molecular weight is 259 g/mol. The number of amides is 1. The number of carbonyl (C=O) groups is 1. The molecule has 0 saturated carbocycles. The van der Waals surface area contributed by atoms with Crippen molar-refractivity contribution in [2.45, 2.75) is 4.90 Å². The van der Waals surface area contributed by atoms with E-state index in [2.05, 4.69) is 4.98 Å². The molecule has 1 aromatic heterocycles. The maximum Gasteiger partial charge on any atom is 0.270 e. The summed E-state index contributed by atoms with van der Waals surface area (Å²) in [4.78, 5) is 16.1. The highest BCUT2D eigenvalue weighted by atomic mass is 32.2. The number of morpholine rings is 1. The van der Waals surface area contributed by atoms with Gasteiger partial charge in [0.1, 0.15) is 5.69 Å². The van der Waals surface area contributed by atoms with E-state index in [1.54, 1.807) is 4.90 Å². The minimum atomic E-state index is -3.77. The third-order valence-corrected chi connectivity index (χ3v) is 3.41. The molecule has 8 heteroatoms. The number of carbonyl (C=O) groups excluding carboxylic acids is 1. The summed E-state index contributed by atoms with van der Waals surface area (Å²) in [7, 11) is -3.77. The monoisotopic (exact) mass is 259 g/mol. The van der Waals surface area contributed by atoms with E-state index in [1.807, 2.05) is 0 Å². The van der Waals surface area contributed by atoms with Crippen molar-refractivity contribution in [3.8, 4) is 0 Å². The van der Waals surface area contributed by atoms with Crippen LogP contribution in [-0.2, 0) is 14.8 Å². The molecular formula is C9H13N3O4S. The number of sulfonamides is 1. The predicted octanol–water partition coefficient (Wildman–Crippen LogP) is -0.866. The fraction of sp³-hybridized carbons (Fsp3) is 0.444. The molecule has 1 aromatic rings. The molecule has 0 aromatic carbocycles. The zero-order chi connectivity index (χ0) is 12.5. The lowest BCUT2D eigenvalue weighted by atomic mass is 10.3. The first-order valence-electron chi connectivity index (χ1n) is 5.07. The van der Waals surface area contributed by atoms with Gasteiger partial charge in [0, 0.05) is 19.3 Å². The van der Waals surface area contributed by atoms with Crippen molar-refractivity contribution in [1.29, 1.82) is 0 Å². The van der Waals surface area contributed by atoms with Gasteiger partial charge >= 0.3 is 0 Å². The van der Waals surface area contributed by atoms with E-state index in [-0.39, 0.29) is 16.5 Å². The highest BCUT2D eigenvalue weighted by molar-refractivity contribution is 7.89. The van der Waals surface area contributed by atoms with Gasteiger partial charge in [0.15, 0.2) is 0 Å². The molecular weight excluding hydrogens is 246 g/mol. The molecule has 1 aliphatic heterocycles. The number of nitrogens with zero attached hydrogens (tertiary/aromatic N) is 1. The lowest BCUT2D eigenvalue weighted by molar-refractivity contribution is 0.0299. The van der Waals surface area contributed by atoms with Crippen molar-refractivity contribution in [3.05, 3.63) is 18.0 Å². The van der Waals surface area contributed by atoms with Gasteiger partial charge < -0.3 is 14.6 Å². The number of rotatable bonds is 2. The summed E-state index contributed by atoms with van der Waals surface area (Å²) in [5.41, 5.74) is 0.218. The normalized spacial score (nSPS) is 17.1. The molecule has 3 N–H and O–H groups in total. The van der Waals surface area contributed by atoms with Crippen LogP contribution in [0.2, 0.25) is 0 Å². The van der Waals surface area contributed by atoms with Gasteiger partial charge in [-0.05, 0) is 6.07 Å². The van der Waals surface area contributed by atoms with Crippen LogP contribution in [0.3, 0.4) is 0 Å². The number of nitrogens with two attached hydrogens (primary N) is 1. The van der Waals surface area contributed by atoms with Crippen LogP contribution in [0.4, 0.5) is 0 Å². The van der Waals surface area contributed by atoms with E-state index in [4.69, 9.17) is 9.88 Å². The Morgan fingerprint density at radius 2 is 2.06 bits per heavy atom. The van der Waals surface area contributed by atoms with Gasteiger partial charge in [0.05, 0.1) is 18.1 Å². The van der Waals surface area contributed by atoms with Gasteiger partial charge in [-0.2, -0.15) is 0 Å². The quantitative estimate of drug-likeness (QED) is 0.720. The molecule has 1 saturated heterocycles. The number of aromatic nitrogens is 1. The number of hydrogen-bond acceptors (Lipinski definition) is 4. The predicted molar refractivity (Wildman–Crippen MR) is 58.9 cm³/mol. The van der Waals surface area contributed by atoms with Crippen LogP contribution in [0.1, 0.15) is 10.5 Å². The van der Waals surface area contributed by atoms with Crippen molar-refractivity contribution in [3.63, 3.8) is 0 Å². The molecule has 2 heterocycles. The highest BCUT2D eigenvalue weighted by Crippen LogP contribution is 2.11. The number of hydrogen-bond donors (Lipinski definition) is 2. The topological polar surface area (TPSA) is 105 Å². The van der Waals surface area contributed by atoms with Crippen molar-refractivity contribution in [2.75, 3.05) is 26.3 Å². The molecule has 0 atom stereocenters. The van der Waals surface area contributed by atoms with Crippen molar-refractivity contribution in [1.82, 2.24) is 9.88 Å². The Bertz CT molecular complexity index is 516. The Hall–Kier alpha value is -1.38. The van der Waals surface area contributed by atoms with Crippen LogP contribution >= 0.6 is 0 Å². The number of primary sulfonamides is 1. The molecule has 1 amide bonds. The van der Waals surface area contributed by atoms with E-state index in [0.29, 0.717) is 26.3 Å². The first kappa shape index (κ1) is 12.1. The lowest BCUT2D eigenvalue weighted by Gasteiger charge is -2.26. The zero-order valence-corrected chi connectivity index (χ0v) is 9.87. The molecule has 2 rings (SSSR count). The highest BCUT2D eigenvalue weighted by Gasteiger charge is 2.21. The molecule has 17 heavy (non-hydrogen) atoms. The van der Waals surface area contributed by atoms with E-state index in [0.717, 1.165) is 0 Å². The average Bonchev–Trinajstić information content (AvgIpc) is 2.78. The van der Waals surface area contributed by atoms with E-state index in [9.17, 15) is 13.2 Å². The Kier molecular flexibility index (Phi) is 3.18. The summed E-state index contributed by atoms with van der Waals surface area (Å²) in [6.45, 7) is 1.99. The zero-order valence-electron chi connectivity index (χ0n) is 9.05. The Morgan fingerprint density at radius 1 is 1.41 bits per heavy atom. The molecule has 94 valence electrons. The van der Waals surface area contributed by atoms with Gasteiger partial charge in [-0.25, -0.2) is 13.6 Å². The van der Waals surface area contributed by atoms with Crippen LogP contribution in [-0.4, -0.2) is 50.5 Å². The second-order valence-electron chi connectivity index (χ2n) is 3.70. The molecule has 1 aliphatic rings. The molecule has 7 nitrogen and oxygen atoms in total. The number of ether oxygens (including phenoxy) is 1. The number of nitrogens with one attached hydrogen (secondary N) is 1. The van der Waals surface area contributed by atoms with Crippen LogP contribution < -0.4 is 5.14 Å². The Labute approximate surface area is 98.6 Å². The van der Waals surface area contributed by atoms with Crippen molar-refractivity contribution in [2.24, 2.45) is 5.14 Å². The first-order chi connectivity index (χ1) is 7.98. The third kappa shape index (κ3) is 2.65. The Balaban J connectivity index is 2.17. The van der Waals surface area contributed by atoms with E-state index in [1.165, 1.54) is 12.3 Å². The minimum absolute atomic E-state index is 0.0888. The molecule has 0 unspecified atom stereocenters. The van der Waals surface area contributed by atoms with E-state index < -0.39 is 10.0 Å². The number of H-pyrrole nitrogens is 1. The van der Waals surface area contributed by atoms with Crippen LogP contribution in [0.5, 0.6) is 0 Å². The number of aromatic amines is 1. The van der Waals surface area contributed by atoms with Crippen molar-refractivity contribution < 1.29 is 17.9 Å². The molecule has 0 spiro atoms. The summed E-state index contributed by atoms with van der Waals surface area (Å²) in [6.07, 6.45) is 1.21. The first-order valence-corrected chi connectivity index (χ1v) is 6.61. The van der Waals surface area contributed by atoms with Crippen LogP contribution in [0.25, 0.3) is 0 Å². The fourth-order valence-electron chi connectivity index (χ4n) is 1.60. The summed E-state index contributed by atoms with van der Waals surface area (Å²) >= 11 is 0. The summed E-state index contributed by atoms with van der Waals surface area (Å²) in [6, 6.07) is 1.24. The van der Waals surface area contributed by atoms with Crippen LogP contribution in [0, 0.1) is 0 Å².